The summed E-state index contributed by atoms with van der Waals surface area (Å²) in [6.07, 6.45) is 2.42. The van der Waals surface area contributed by atoms with Gasteiger partial charge in [0, 0.05) is 57.7 Å². The van der Waals surface area contributed by atoms with E-state index in [1.807, 2.05) is 18.7 Å². The SMILES string of the molecule is COC(C)c1nc(CN2CCCN(C(C)C(=O)N3CCC(C(N)=O)CC3)CC2)cs1. The number of aromatic nitrogens is 1. The van der Waals surface area contributed by atoms with Crippen LogP contribution in [0, 0.1) is 5.92 Å². The van der Waals surface area contributed by atoms with Gasteiger partial charge in [0.15, 0.2) is 0 Å². The first kappa shape index (κ1) is 23.1. The minimum atomic E-state index is -0.244. The van der Waals surface area contributed by atoms with Gasteiger partial charge in [0.1, 0.15) is 11.1 Å². The van der Waals surface area contributed by atoms with E-state index in [0.29, 0.717) is 25.9 Å². The van der Waals surface area contributed by atoms with E-state index in [1.165, 1.54) is 0 Å². The molecule has 1 aromatic rings. The molecule has 0 spiro atoms. The van der Waals surface area contributed by atoms with Gasteiger partial charge >= 0.3 is 0 Å². The zero-order valence-electron chi connectivity index (χ0n) is 18.4. The molecule has 0 aromatic carbocycles. The van der Waals surface area contributed by atoms with E-state index in [0.717, 1.165) is 49.8 Å². The van der Waals surface area contributed by atoms with Crippen molar-refractivity contribution in [3.05, 3.63) is 16.1 Å². The Balaban J connectivity index is 1.49. The highest BCUT2D eigenvalue weighted by atomic mass is 32.1. The molecule has 2 fully saturated rings. The van der Waals surface area contributed by atoms with E-state index in [4.69, 9.17) is 15.5 Å². The number of hydrogen-bond donors (Lipinski definition) is 1. The van der Waals surface area contributed by atoms with Crippen molar-refractivity contribution in [1.82, 2.24) is 19.7 Å². The summed E-state index contributed by atoms with van der Waals surface area (Å²) in [4.78, 5) is 35.7. The van der Waals surface area contributed by atoms with Crippen molar-refractivity contribution < 1.29 is 14.3 Å². The number of amides is 2. The Hall–Kier alpha value is -1.55. The van der Waals surface area contributed by atoms with Crippen LogP contribution in [0.2, 0.25) is 0 Å². The maximum absolute atomic E-state index is 13.0. The first-order valence-corrected chi connectivity index (χ1v) is 11.8. The monoisotopic (exact) mass is 437 g/mol. The number of nitrogens with two attached hydrogens (primary N) is 1. The van der Waals surface area contributed by atoms with Gasteiger partial charge in [-0.05, 0) is 39.7 Å². The van der Waals surface area contributed by atoms with Crippen LogP contribution in [0.1, 0.15) is 49.9 Å². The molecular weight excluding hydrogens is 402 g/mol. The smallest absolute Gasteiger partial charge is 0.239 e. The number of carbonyl (C=O) groups excluding carboxylic acids is 2. The van der Waals surface area contributed by atoms with Crippen molar-refractivity contribution in [2.45, 2.75) is 51.8 Å². The Kier molecular flexibility index (Phi) is 8.21. The third-order valence-electron chi connectivity index (χ3n) is 6.39. The van der Waals surface area contributed by atoms with Crippen molar-refractivity contribution in [1.29, 1.82) is 0 Å². The van der Waals surface area contributed by atoms with E-state index >= 15 is 0 Å². The quantitative estimate of drug-likeness (QED) is 0.695. The van der Waals surface area contributed by atoms with Gasteiger partial charge in [-0.15, -0.1) is 11.3 Å². The lowest BCUT2D eigenvalue weighted by atomic mass is 9.96. The van der Waals surface area contributed by atoms with Crippen LogP contribution in [-0.4, -0.2) is 83.9 Å². The summed E-state index contributed by atoms with van der Waals surface area (Å²) >= 11 is 1.65. The second-order valence-electron chi connectivity index (χ2n) is 8.40. The number of carbonyl (C=O) groups is 2. The number of nitrogens with zero attached hydrogens (tertiary/aromatic N) is 4. The number of ether oxygens (including phenoxy) is 1. The number of piperidine rings is 1. The number of thiazole rings is 1. The molecule has 8 nitrogen and oxygen atoms in total. The molecule has 2 amide bonds. The summed E-state index contributed by atoms with van der Waals surface area (Å²) in [7, 11) is 1.71. The third kappa shape index (κ3) is 5.78. The molecule has 2 aliphatic rings. The summed E-state index contributed by atoms with van der Waals surface area (Å²) < 4.78 is 5.36. The number of methoxy groups -OCH3 is 1. The van der Waals surface area contributed by atoms with Crippen molar-refractivity contribution in [2.24, 2.45) is 11.7 Å². The van der Waals surface area contributed by atoms with Crippen LogP contribution >= 0.6 is 11.3 Å². The zero-order chi connectivity index (χ0) is 21.7. The van der Waals surface area contributed by atoms with Gasteiger partial charge in [-0.3, -0.25) is 19.4 Å². The number of likely N-dealkylation sites (tertiary alicyclic amines) is 1. The normalized spacial score (nSPS) is 21.9. The molecule has 2 atom stereocenters. The molecular formula is C21H35N5O3S. The van der Waals surface area contributed by atoms with Gasteiger partial charge < -0.3 is 15.4 Å². The first-order valence-electron chi connectivity index (χ1n) is 10.9. The maximum atomic E-state index is 13.0. The Morgan fingerprint density at radius 3 is 2.60 bits per heavy atom. The van der Waals surface area contributed by atoms with Crippen LogP contribution in [0.4, 0.5) is 0 Å². The van der Waals surface area contributed by atoms with Crippen LogP contribution in [-0.2, 0) is 20.9 Å². The molecule has 1 aromatic heterocycles. The van der Waals surface area contributed by atoms with Gasteiger partial charge in [0.2, 0.25) is 11.8 Å². The van der Waals surface area contributed by atoms with Crippen LogP contribution in [0.25, 0.3) is 0 Å². The topological polar surface area (TPSA) is 92.0 Å². The fraction of sp³-hybridized carbons (Fsp3) is 0.762. The van der Waals surface area contributed by atoms with Crippen molar-refractivity contribution in [2.75, 3.05) is 46.4 Å². The largest absolute Gasteiger partial charge is 0.375 e. The Labute approximate surface area is 183 Å². The summed E-state index contributed by atoms with van der Waals surface area (Å²) in [6, 6.07) is -0.136. The minimum Gasteiger partial charge on any atom is -0.375 e. The van der Waals surface area contributed by atoms with Gasteiger partial charge in [-0.25, -0.2) is 4.98 Å². The minimum absolute atomic E-state index is 0.0308. The van der Waals surface area contributed by atoms with E-state index < -0.39 is 0 Å². The van der Waals surface area contributed by atoms with Gasteiger partial charge in [-0.1, -0.05) is 0 Å². The summed E-state index contributed by atoms with van der Waals surface area (Å²) in [5.41, 5.74) is 6.50. The average molecular weight is 438 g/mol. The second kappa shape index (κ2) is 10.7. The Morgan fingerprint density at radius 1 is 1.20 bits per heavy atom. The fourth-order valence-electron chi connectivity index (χ4n) is 4.25. The number of hydrogen-bond acceptors (Lipinski definition) is 7. The van der Waals surface area contributed by atoms with Gasteiger partial charge in [0.25, 0.3) is 0 Å². The van der Waals surface area contributed by atoms with Crippen LogP contribution in [0.3, 0.4) is 0 Å². The van der Waals surface area contributed by atoms with E-state index in [1.54, 1.807) is 18.4 Å². The summed E-state index contributed by atoms with van der Waals surface area (Å²) in [5.74, 6) is -0.162. The standard InChI is InChI=1S/C21H35N5O3S/c1-15(21(28)26-9-5-17(6-10-26)19(22)27)25-8-4-7-24(11-12-25)13-18-14-30-20(23-18)16(2)29-3/h14-17H,4-13H2,1-3H3,(H2,22,27). The van der Waals surface area contributed by atoms with Crippen molar-refractivity contribution >= 4 is 23.2 Å². The molecule has 3 heterocycles. The molecule has 0 radical (unpaired) electrons. The number of rotatable bonds is 7. The van der Waals surface area contributed by atoms with Gasteiger partial charge in [0.05, 0.1) is 11.7 Å². The van der Waals surface area contributed by atoms with E-state index in [2.05, 4.69) is 15.2 Å². The molecule has 30 heavy (non-hydrogen) atoms. The third-order valence-corrected chi connectivity index (χ3v) is 7.45. The zero-order valence-corrected chi connectivity index (χ0v) is 19.2. The molecule has 2 saturated heterocycles. The summed E-state index contributed by atoms with van der Waals surface area (Å²) in [6.45, 7) is 9.84. The van der Waals surface area contributed by atoms with Crippen LogP contribution < -0.4 is 5.73 Å². The Morgan fingerprint density at radius 2 is 1.93 bits per heavy atom. The highest BCUT2D eigenvalue weighted by Crippen LogP contribution is 2.22. The summed E-state index contributed by atoms with van der Waals surface area (Å²) in [5, 5.41) is 3.14. The maximum Gasteiger partial charge on any atom is 0.239 e. The molecule has 0 saturated carbocycles. The van der Waals surface area contributed by atoms with Crippen molar-refractivity contribution in [3.8, 4) is 0 Å². The van der Waals surface area contributed by atoms with E-state index in [9.17, 15) is 9.59 Å². The predicted octanol–water partition coefficient (Wildman–Crippen LogP) is 1.47. The number of primary amides is 1. The van der Waals surface area contributed by atoms with Crippen LogP contribution in [0.5, 0.6) is 0 Å². The molecule has 168 valence electrons. The predicted molar refractivity (Wildman–Crippen MR) is 117 cm³/mol. The van der Waals surface area contributed by atoms with Gasteiger partial charge in [-0.2, -0.15) is 0 Å². The highest BCUT2D eigenvalue weighted by Gasteiger charge is 2.31. The fourth-order valence-corrected chi connectivity index (χ4v) is 5.09. The average Bonchev–Trinajstić information content (AvgIpc) is 3.10. The molecule has 0 aliphatic carbocycles. The second-order valence-corrected chi connectivity index (χ2v) is 9.29. The molecule has 2 N–H and O–H groups in total. The molecule has 9 heteroatoms. The molecule has 2 aliphatic heterocycles. The van der Waals surface area contributed by atoms with Crippen LogP contribution in [0.15, 0.2) is 5.38 Å². The molecule has 0 bridgehead atoms. The molecule has 3 rings (SSSR count). The lowest BCUT2D eigenvalue weighted by Gasteiger charge is -2.35. The first-order chi connectivity index (χ1) is 14.4. The lowest BCUT2D eigenvalue weighted by Crippen LogP contribution is -2.51. The van der Waals surface area contributed by atoms with E-state index in [-0.39, 0.29) is 29.9 Å². The highest BCUT2D eigenvalue weighted by molar-refractivity contribution is 7.09. The lowest BCUT2D eigenvalue weighted by molar-refractivity contribution is -0.139. The Bertz CT molecular complexity index is 719. The molecule has 2 unspecified atom stereocenters. The van der Waals surface area contributed by atoms with Crippen molar-refractivity contribution in [3.63, 3.8) is 0 Å².